The molecule has 1 aromatic rings. The number of hydrogen-bond acceptors (Lipinski definition) is 2. The molecule has 0 amide bonds. The van der Waals surface area contributed by atoms with E-state index in [4.69, 9.17) is 18.4 Å². The van der Waals surface area contributed by atoms with E-state index in [0.29, 0.717) is 0 Å². The average molecular weight is 281 g/mol. The summed E-state index contributed by atoms with van der Waals surface area (Å²) < 4.78 is 0. The molecule has 0 aliphatic heterocycles. The molecule has 3 rings (SSSR count). The lowest BCUT2D eigenvalue weighted by Gasteiger charge is -2.18. The van der Waals surface area contributed by atoms with Crippen molar-refractivity contribution in [3.05, 3.63) is 59.7 Å². The SMILES string of the molecule is Nc1ccc(C2=CCCC=C2)c(S)c1C1=CC=CCC1. The number of rotatable bonds is 2. The zero-order chi connectivity index (χ0) is 13.9. The van der Waals surface area contributed by atoms with Gasteiger partial charge < -0.3 is 5.73 Å². The van der Waals surface area contributed by atoms with Gasteiger partial charge >= 0.3 is 0 Å². The summed E-state index contributed by atoms with van der Waals surface area (Å²) in [7, 11) is 0. The lowest BCUT2D eigenvalue weighted by Crippen LogP contribution is -2.00. The maximum atomic E-state index is 6.20. The first kappa shape index (κ1) is 13.3. The van der Waals surface area contributed by atoms with Crippen molar-refractivity contribution < 1.29 is 0 Å². The molecule has 2 aliphatic carbocycles. The van der Waals surface area contributed by atoms with Crippen molar-refractivity contribution in [2.45, 2.75) is 30.6 Å². The molecular weight excluding hydrogens is 262 g/mol. The van der Waals surface area contributed by atoms with E-state index in [1.165, 1.54) is 16.7 Å². The molecule has 2 aliphatic rings. The van der Waals surface area contributed by atoms with Crippen molar-refractivity contribution in [3.63, 3.8) is 0 Å². The first-order valence-corrected chi connectivity index (χ1v) is 7.56. The van der Waals surface area contributed by atoms with Crippen LogP contribution in [-0.2, 0) is 0 Å². The minimum atomic E-state index is 0.820. The van der Waals surface area contributed by atoms with Crippen molar-refractivity contribution in [1.82, 2.24) is 0 Å². The van der Waals surface area contributed by atoms with Crippen LogP contribution >= 0.6 is 12.6 Å². The van der Waals surface area contributed by atoms with E-state index in [2.05, 4.69) is 42.5 Å². The van der Waals surface area contributed by atoms with Crippen LogP contribution in [-0.4, -0.2) is 0 Å². The number of hydrogen-bond donors (Lipinski definition) is 2. The Labute approximate surface area is 126 Å². The van der Waals surface area contributed by atoms with Gasteiger partial charge in [-0.3, -0.25) is 0 Å². The smallest absolute Gasteiger partial charge is 0.0402 e. The Bertz CT molecular complexity index is 648. The zero-order valence-electron chi connectivity index (χ0n) is 11.5. The van der Waals surface area contributed by atoms with Gasteiger partial charge in [0.15, 0.2) is 0 Å². The summed E-state index contributed by atoms with van der Waals surface area (Å²) in [4.78, 5) is 1.00. The van der Waals surface area contributed by atoms with Crippen LogP contribution in [0.3, 0.4) is 0 Å². The van der Waals surface area contributed by atoms with Crippen molar-refractivity contribution in [2.75, 3.05) is 5.73 Å². The summed E-state index contributed by atoms with van der Waals surface area (Å²) in [5.74, 6) is 0. The Morgan fingerprint density at radius 3 is 2.65 bits per heavy atom. The van der Waals surface area contributed by atoms with E-state index < -0.39 is 0 Å². The maximum absolute atomic E-state index is 6.20. The molecule has 20 heavy (non-hydrogen) atoms. The Morgan fingerprint density at radius 2 is 1.95 bits per heavy atom. The first-order chi connectivity index (χ1) is 9.77. The van der Waals surface area contributed by atoms with Gasteiger partial charge in [0.1, 0.15) is 0 Å². The molecule has 1 aromatic carbocycles. The summed E-state index contributed by atoms with van der Waals surface area (Å²) in [6, 6.07) is 4.09. The topological polar surface area (TPSA) is 26.0 Å². The van der Waals surface area contributed by atoms with E-state index in [0.717, 1.165) is 41.8 Å². The summed E-state index contributed by atoms with van der Waals surface area (Å²) in [5, 5.41) is 0. The molecule has 1 nitrogen and oxygen atoms in total. The van der Waals surface area contributed by atoms with Gasteiger partial charge in [-0.1, -0.05) is 42.5 Å². The van der Waals surface area contributed by atoms with E-state index in [1.54, 1.807) is 0 Å². The third-order valence-corrected chi connectivity index (χ3v) is 4.32. The number of nitrogen functional groups attached to an aromatic ring is 1. The number of anilines is 1. The highest BCUT2D eigenvalue weighted by Crippen LogP contribution is 2.38. The highest BCUT2D eigenvalue weighted by molar-refractivity contribution is 7.80. The Hall–Kier alpha value is -1.67. The third kappa shape index (κ3) is 2.48. The molecule has 0 unspecified atom stereocenters. The van der Waals surface area contributed by atoms with Crippen molar-refractivity contribution in [1.29, 1.82) is 0 Å². The average Bonchev–Trinajstić information content (AvgIpc) is 2.49. The van der Waals surface area contributed by atoms with Gasteiger partial charge in [0.2, 0.25) is 0 Å². The minimum Gasteiger partial charge on any atom is -0.398 e. The van der Waals surface area contributed by atoms with Gasteiger partial charge in [-0.05, 0) is 48.5 Å². The Balaban J connectivity index is 2.10. The van der Waals surface area contributed by atoms with Gasteiger partial charge in [0.25, 0.3) is 0 Å². The molecule has 2 heteroatoms. The minimum absolute atomic E-state index is 0.820. The van der Waals surface area contributed by atoms with Gasteiger partial charge in [0.05, 0.1) is 0 Å². The second kappa shape index (κ2) is 5.76. The first-order valence-electron chi connectivity index (χ1n) is 7.12. The fourth-order valence-corrected chi connectivity index (χ4v) is 3.28. The standard InChI is InChI=1S/C18H19NS/c19-16-12-11-15(13-7-3-1-4-8-13)18(20)17(16)14-9-5-2-6-10-14/h2-3,5,7-9,11-12,20H,1,4,6,10,19H2. The molecule has 0 saturated carbocycles. The number of thiol groups is 1. The molecule has 0 aromatic heterocycles. The Kier molecular flexibility index (Phi) is 3.83. The predicted molar refractivity (Wildman–Crippen MR) is 90.8 cm³/mol. The largest absolute Gasteiger partial charge is 0.398 e. The fourth-order valence-electron chi connectivity index (χ4n) is 2.80. The van der Waals surface area contributed by atoms with Gasteiger partial charge in [0, 0.05) is 16.1 Å². The van der Waals surface area contributed by atoms with E-state index in [-0.39, 0.29) is 0 Å². The van der Waals surface area contributed by atoms with Gasteiger partial charge in [-0.2, -0.15) is 0 Å². The van der Waals surface area contributed by atoms with E-state index in [1.807, 2.05) is 6.07 Å². The molecule has 102 valence electrons. The molecule has 0 heterocycles. The molecule has 0 saturated heterocycles. The third-order valence-electron chi connectivity index (χ3n) is 3.85. The summed E-state index contributed by atoms with van der Waals surface area (Å²) in [6.45, 7) is 0. The van der Waals surface area contributed by atoms with Crippen LogP contribution in [0.2, 0.25) is 0 Å². The van der Waals surface area contributed by atoms with Crippen LogP contribution in [0.4, 0.5) is 5.69 Å². The van der Waals surface area contributed by atoms with Gasteiger partial charge in [-0.25, -0.2) is 0 Å². The highest BCUT2D eigenvalue weighted by Gasteiger charge is 2.15. The van der Waals surface area contributed by atoms with E-state index in [9.17, 15) is 0 Å². The molecule has 0 atom stereocenters. The monoisotopic (exact) mass is 281 g/mol. The number of benzene rings is 1. The number of allylic oxidation sites excluding steroid dienone is 8. The molecule has 0 bridgehead atoms. The zero-order valence-corrected chi connectivity index (χ0v) is 12.4. The molecule has 2 N–H and O–H groups in total. The molecule has 0 radical (unpaired) electrons. The van der Waals surface area contributed by atoms with E-state index >= 15 is 0 Å². The lowest BCUT2D eigenvalue weighted by molar-refractivity contribution is 1.04. The van der Waals surface area contributed by atoms with Crippen molar-refractivity contribution >= 4 is 29.5 Å². The van der Waals surface area contributed by atoms with Crippen LogP contribution in [0, 0.1) is 0 Å². The van der Waals surface area contributed by atoms with Crippen LogP contribution in [0.5, 0.6) is 0 Å². The van der Waals surface area contributed by atoms with Crippen LogP contribution in [0.15, 0.2) is 53.5 Å². The van der Waals surface area contributed by atoms with Crippen molar-refractivity contribution in [3.8, 4) is 0 Å². The van der Waals surface area contributed by atoms with Crippen LogP contribution < -0.4 is 5.73 Å². The lowest BCUT2D eigenvalue weighted by atomic mass is 9.91. The molecule has 0 fully saturated rings. The summed E-state index contributed by atoms with van der Waals surface area (Å²) in [5.41, 5.74) is 11.9. The quantitative estimate of drug-likeness (QED) is 0.577. The molecule has 0 spiro atoms. The Morgan fingerprint density at radius 1 is 1.05 bits per heavy atom. The normalized spacial score (nSPS) is 17.9. The summed E-state index contributed by atoms with van der Waals surface area (Å²) in [6.07, 6.45) is 17.5. The van der Waals surface area contributed by atoms with Crippen LogP contribution in [0.1, 0.15) is 36.8 Å². The second-order valence-electron chi connectivity index (χ2n) is 5.22. The molecular formula is C18H19NS. The van der Waals surface area contributed by atoms with Gasteiger partial charge in [-0.15, -0.1) is 12.6 Å². The predicted octanol–water partition coefficient (Wildman–Crippen LogP) is 5.02. The second-order valence-corrected chi connectivity index (χ2v) is 5.67. The van der Waals surface area contributed by atoms with Crippen molar-refractivity contribution in [2.24, 2.45) is 0 Å². The fraction of sp³-hybridized carbons (Fsp3) is 0.222. The highest BCUT2D eigenvalue weighted by atomic mass is 32.1. The summed E-state index contributed by atoms with van der Waals surface area (Å²) >= 11 is 4.78. The maximum Gasteiger partial charge on any atom is 0.0402 e. The van der Waals surface area contributed by atoms with Crippen LogP contribution in [0.25, 0.3) is 11.1 Å². The number of nitrogens with two attached hydrogens (primary N) is 1.